The van der Waals surface area contributed by atoms with Gasteiger partial charge in [0.2, 0.25) is 0 Å². The van der Waals surface area contributed by atoms with Crippen molar-refractivity contribution in [3.8, 4) is 5.75 Å². The molecule has 0 unspecified atom stereocenters. The summed E-state index contributed by atoms with van der Waals surface area (Å²) in [5.74, 6) is 0.364. The van der Waals surface area contributed by atoms with Crippen LogP contribution >= 0.6 is 0 Å². The van der Waals surface area contributed by atoms with Gasteiger partial charge in [0.15, 0.2) is 0 Å². The normalized spacial score (nSPS) is 9.33. The Hall–Kier alpha value is -1.64. The van der Waals surface area contributed by atoms with E-state index in [1.54, 1.807) is 25.4 Å². The lowest BCUT2D eigenvalue weighted by Crippen LogP contribution is -1.87. The fraction of sp³-hybridized carbons (Fsp3) is 0.250. The average molecular weight is 207 g/mol. The number of aromatic nitrogens is 1. The minimum Gasteiger partial charge on any atom is -0.496 e. The van der Waals surface area contributed by atoms with E-state index in [-0.39, 0.29) is 5.82 Å². The van der Waals surface area contributed by atoms with Gasteiger partial charge in [-0.2, -0.15) is 0 Å². The molecule has 3 heteroatoms. The van der Waals surface area contributed by atoms with Crippen LogP contribution in [0.3, 0.4) is 0 Å². The number of hydrogen-bond acceptors (Lipinski definition) is 2. The molecule has 0 atom stereocenters. The molecule has 0 bridgehead atoms. The van der Waals surface area contributed by atoms with Gasteiger partial charge in [-0.25, -0.2) is 4.39 Å². The van der Waals surface area contributed by atoms with Gasteiger partial charge in [0.1, 0.15) is 11.6 Å². The first-order valence-corrected chi connectivity index (χ1v) is 4.89. The minimum atomic E-state index is -0.279. The summed E-state index contributed by atoms with van der Waals surface area (Å²) in [6.07, 6.45) is 1.64. The highest BCUT2D eigenvalue weighted by atomic mass is 19.1. The van der Waals surface area contributed by atoms with E-state index >= 15 is 0 Å². The Morgan fingerprint density at radius 3 is 2.60 bits per heavy atom. The van der Waals surface area contributed by atoms with Crippen molar-refractivity contribution in [1.82, 2.24) is 4.98 Å². The lowest BCUT2D eigenvalue weighted by atomic mass is 10.2. The van der Waals surface area contributed by atoms with E-state index in [0.717, 1.165) is 5.52 Å². The molecule has 0 N–H and O–H groups in total. The number of halogens is 1. The predicted octanol–water partition coefficient (Wildman–Crippen LogP) is 3.41. The summed E-state index contributed by atoms with van der Waals surface area (Å²) in [4.78, 5) is 4.08. The topological polar surface area (TPSA) is 22.1 Å². The number of fused-ring (bicyclic) bond motifs is 1. The Kier molecular flexibility index (Phi) is 4.03. The summed E-state index contributed by atoms with van der Waals surface area (Å²) >= 11 is 0. The van der Waals surface area contributed by atoms with E-state index in [0.29, 0.717) is 11.1 Å². The van der Waals surface area contributed by atoms with Crippen LogP contribution in [-0.2, 0) is 0 Å². The fourth-order valence-electron chi connectivity index (χ4n) is 1.27. The van der Waals surface area contributed by atoms with Crippen molar-refractivity contribution in [2.24, 2.45) is 0 Å². The maximum absolute atomic E-state index is 12.9. The fourth-order valence-corrected chi connectivity index (χ4v) is 1.27. The maximum atomic E-state index is 12.9. The van der Waals surface area contributed by atoms with Crippen molar-refractivity contribution < 1.29 is 9.13 Å². The van der Waals surface area contributed by atoms with E-state index < -0.39 is 0 Å². The number of pyridine rings is 1. The van der Waals surface area contributed by atoms with Crippen molar-refractivity contribution >= 4 is 10.9 Å². The van der Waals surface area contributed by atoms with Crippen LogP contribution in [0.15, 0.2) is 30.5 Å². The zero-order valence-corrected chi connectivity index (χ0v) is 9.12. The van der Waals surface area contributed by atoms with Crippen LogP contribution < -0.4 is 4.74 Å². The molecule has 15 heavy (non-hydrogen) atoms. The Morgan fingerprint density at radius 1 is 1.20 bits per heavy atom. The number of benzene rings is 1. The number of nitrogens with zero attached hydrogens (tertiary/aromatic N) is 1. The second-order valence-electron chi connectivity index (χ2n) is 2.67. The molecule has 80 valence electrons. The van der Waals surface area contributed by atoms with E-state index in [4.69, 9.17) is 4.74 Å². The lowest BCUT2D eigenvalue weighted by Gasteiger charge is -2.03. The first-order valence-electron chi connectivity index (χ1n) is 4.89. The maximum Gasteiger partial charge on any atom is 0.129 e. The third-order valence-electron chi connectivity index (χ3n) is 1.88. The average Bonchev–Trinajstić information content (AvgIpc) is 2.31. The van der Waals surface area contributed by atoms with Crippen LogP contribution in [0.5, 0.6) is 5.75 Å². The highest BCUT2D eigenvalue weighted by Crippen LogP contribution is 2.23. The van der Waals surface area contributed by atoms with Crippen molar-refractivity contribution in [3.63, 3.8) is 0 Å². The highest BCUT2D eigenvalue weighted by molar-refractivity contribution is 5.84. The molecule has 2 aromatic rings. The van der Waals surface area contributed by atoms with Gasteiger partial charge in [0.05, 0.1) is 12.6 Å². The number of ether oxygens (including phenoxy) is 1. The molecular formula is C12H14FNO. The highest BCUT2D eigenvalue weighted by Gasteiger charge is 2.02. The first-order chi connectivity index (χ1) is 7.31. The van der Waals surface area contributed by atoms with Crippen molar-refractivity contribution in [2.75, 3.05) is 7.11 Å². The van der Waals surface area contributed by atoms with Gasteiger partial charge < -0.3 is 4.74 Å². The quantitative estimate of drug-likeness (QED) is 0.714. The van der Waals surface area contributed by atoms with Gasteiger partial charge in [-0.3, -0.25) is 4.98 Å². The largest absolute Gasteiger partial charge is 0.496 e. The molecule has 2 rings (SSSR count). The summed E-state index contributed by atoms with van der Waals surface area (Å²) in [5.41, 5.74) is 0.737. The monoisotopic (exact) mass is 207 g/mol. The van der Waals surface area contributed by atoms with Gasteiger partial charge in [-0.1, -0.05) is 13.8 Å². The summed E-state index contributed by atoms with van der Waals surface area (Å²) in [6.45, 7) is 4.00. The molecule has 1 heterocycles. The van der Waals surface area contributed by atoms with Crippen LogP contribution in [0.1, 0.15) is 13.8 Å². The molecule has 0 saturated heterocycles. The van der Waals surface area contributed by atoms with E-state index in [1.807, 2.05) is 13.8 Å². The van der Waals surface area contributed by atoms with E-state index in [2.05, 4.69) is 4.98 Å². The number of hydrogen-bond donors (Lipinski definition) is 0. The SMILES string of the molecule is CC.COc1ccnc2ccc(F)cc12. The molecule has 0 aliphatic heterocycles. The van der Waals surface area contributed by atoms with Gasteiger partial charge in [-0.15, -0.1) is 0 Å². The van der Waals surface area contributed by atoms with E-state index in [9.17, 15) is 4.39 Å². The zero-order chi connectivity index (χ0) is 11.3. The minimum absolute atomic E-state index is 0.279. The summed E-state index contributed by atoms with van der Waals surface area (Å²) in [5, 5.41) is 0.699. The molecule has 0 amide bonds. The molecule has 0 aliphatic rings. The molecule has 0 fully saturated rings. The van der Waals surface area contributed by atoms with Gasteiger partial charge in [0, 0.05) is 11.6 Å². The molecule has 0 saturated carbocycles. The Bertz CT molecular complexity index is 443. The predicted molar refractivity (Wildman–Crippen MR) is 59.6 cm³/mol. The molecule has 1 aromatic heterocycles. The molecule has 2 nitrogen and oxygen atoms in total. The van der Waals surface area contributed by atoms with E-state index in [1.165, 1.54) is 12.1 Å². The molecule has 1 aromatic carbocycles. The Morgan fingerprint density at radius 2 is 1.93 bits per heavy atom. The molecule has 0 radical (unpaired) electrons. The van der Waals surface area contributed by atoms with Crippen molar-refractivity contribution in [2.45, 2.75) is 13.8 Å². The third kappa shape index (κ3) is 2.43. The third-order valence-corrected chi connectivity index (χ3v) is 1.88. The van der Waals surface area contributed by atoms with Crippen LogP contribution in [0.2, 0.25) is 0 Å². The van der Waals surface area contributed by atoms with Crippen molar-refractivity contribution in [1.29, 1.82) is 0 Å². The van der Waals surface area contributed by atoms with Gasteiger partial charge >= 0.3 is 0 Å². The summed E-state index contributed by atoms with van der Waals surface area (Å²) in [7, 11) is 1.56. The molecule has 0 aliphatic carbocycles. The zero-order valence-electron chi connectivity index (χ0n) is 9.12. The van der Waals surface area contributed by atoms with Crippen LogP contribution in [0, 0.1) is 5.82 Å². The Balaban J connectivity index is 0.000000531. The standard InChI is InChI=1S/C10H8FNO.C2H6/c1-13-10-4-5-12-9-3-2-7(11)6-8(9)10;1-2/h2-6H,1H3;1-2H3. The second kappa shape index (κ2) is 5.29. The molecular weight excluding hydrogens is 193 g/mol. The summed E-state index contributed by atoms with van der Waals surface area (Å²) in [6, 6.07) is 6.14. The first kappa shape index (κ1) is 11.4. The molecule has 0 spiro atoms. The number of rotatable bonds is 1. The lowest BCUT2D eigenvalue weighted by molar-refractivity contribution is 0.419. The van der Waals surface area contributed by atoms with Crippen LogP contribution in [0.25, 0.3) is 10.9 Å². The number of methoxy groups -OCH3 is 1. The second-order valence-corrected chi connectivity index (χ2v) is 2.67. The Labute approximate surface area is 88.7 Å². The van der Waals surface area contributed by atoms with Gasteiger partial charge in [0.25, 0.3) is 0 Å². The summed E-state index contributed by atoms with van der Waals surface area (Å²) < 4.78 is 17.9. The van der Waals surface area contributed by atoms with Crippen LogP contribution in [0.4, 0.5) is 4.39 Å². The smallest absolute Gasteiger partial charge is 0.129 e. The van der Waals surface area contributed by atoms with Gasteiger partial charge in [-0.05, 0) is 24.3 Å². The van der Waals surface area contributed by atoms with Crippen molar-refractivity contribution in [3.05, 3.63) is 36.3 Å². The van der Waals surface area contributed by atoms with Crippen LogP contribution in [-0.4, -0.2) is 12.1 Å².